The Hall–Kier alpha value is -2.69. The number of fused-ring (bicyclic) bond motifs is 1. The van der Waals surface area contributed by atoms with E-state index in [-0.39, 0.29) is 18.7 Å². The molecule has 3 fully saturated rings. The number of halogens is 1. The fourth-order valence-corrected chi connectivity index (χ4v) is 6.99. The number of piperidine rings is 1. The molecule has 1 spiro atoms. The van der Waals surface area contributed by atoms with Crippen molar-refractivity contribution in [1.82, 2.24) is 9.88 Å². The molecule has 1 unspecified atom stereocenters. The number of amides is 1. The third kappa shape index (κ3) is 4.26. The molecule has 1 aliphatic carbocycles. The number of likely N-dealkylation sites (tertiary alicyclic amines) is 1. The first-order valence-electron chi connectivity index (χ1n) is 13.0. The summed E-state index contributed by atoms with van der Waals surface area (Å²) in [7, 11) is 0. The molecule has 2 aromatic carbocycles. The molecule has 2 saturated heterocycles. The van der Waals surface area contributed by atoms with Crippen molar-refractivity contribution < 1.29 is 23.7 Å². The topological polar surface area (TPSA) is 82.2 Å². The second-order valence-corrected chi connectivity index (χ2v) is 11.7. The number of benzene rings is 2. The molecule has 1 amide bonds. The molecule has 198 valence electrons. The molecule has 7 rings (SSSR count). The molecule has 0 radical (unpaired) electrons. The molecule has 1 N–H and O–H groups in total. The van der Waals surface area contributed by atoms with Crippen LogP contribution in [0.15, 0.2) is 48.7 Å². The Balaban J connectivity index is 1.12. The highest BCUT2D eigenvalue weighted by Crippen LogP contribution is 2.51. The molecular weight excluding hydrogens is 526 g/mol. The molecule has 4 heterocycles. The number of carbonyl (C=O) groups excluding carboxylic acids is 1. The summed E-state index contributed by atoms with van der Waals surface area (Å²) < 4.78 is 22.9. The van der Waals surface area contributed by atoms with Crippen LogP contribution in [0.5, 0.6) is 11.5 Å². The Morgan fingerprint density at radius 1 is 1.03 bits per heavy atom. The quantitative estimate of drug-likeness (QED) is 0.453. The maximum absolute atomic E-state index is 13.5. The monoisotopic (exact) mass is 553 g/mol. The third-order valence-electron chi connectivity index (χ3n) is 8.06. The van der Waals surface area contributed by atoms with E-state index < -0.39 is 11.2 Å². The van der Waals surface area contributed by atoms with E-state index in [1.54, 1.807) is 0 Å². The van der Waals surface area contributed by atoms with Crippen LogP contribution < -0.4 is 14.8 Å². The lowest BCUT2D eigenvalue weighted by Gasteiger charge is -2.41. The SMILES string of the molecule is O=C(Nc1ncc(C(c2ccccc2Cl)N2CCC3(CC2)OCCO3)s1)C1(c2ccc3c(c2)OCO3)CC1. The smallest absolute Gasteiger partial charge is 0.236 e. The molecule has 3 aliphatic heterocycles. The molecule has 1 atom stereocenters. The van der Waals surface area contributed by atoms with Crippen LogP contribution in [0.2, 0.25) is 5.02 Å². The number of rotatable bonds is 6. The highest BCUT2D eigenvalue weighted by atomic mass is 35.5. The molecule has 4 aliphatic rings. The molecule has 1 saturated carbocycles. The molecule has 0 bridgehead atoms. The van der Waals surface area contributed by atoms with Crippen LogP contribution in [0, 0.1) is 0 Å². The largest absolute Gasteiger partial charge is 0.454 e. The third-order valence-corrected chi connectivity index (χ3v) is 9.37. The van der Waals surface area contributed by atoms with Crippen molar-refractivity contribution in [3.05, 3.63) is 69.7 Å². The normalized spacial score (nSPS) is 21.9. The fraction of sp³-hybridized carbons (Fsp3) is 0.429. The van der Waals surface area contributed by atoms with Crippen LogP contribution in [0.1, 0.15) is 47.7 Å². The standard InChI is InChI=1S/C28H28ClN3O5S/c29-20-4-2-1-3-19(20)24(32-11-9-28(10-12-32)36-13-14-37-28)23-16-30-26(38-23)31-25(33)27(7-8-27)18-5-6-21-22(15-18)35-17-34-21/h1-6,15-16,24H,7-14,17H2,(H,30,31,33). The first-order chi connectivity index (χ1) is 18.6. The number of hydrogen-bond donors (Lipinski definition) is 1. The van der Waals surface area contributed by atoms with Crippen LogP contribution in [0.4, 0.5) is 5.13 Å². The van der Waals surface area contributed by atoms with Gasteiger partial charge in [0.2, 0.25) is 12.7 Å². The number of aromatic nitrogens is 1. The van der Waals surface area contributed by atoms with Crippen LogP contribution in [-0.4, -0.2) is 54.7 Å². The van der Waals surface area contributed by atoms with Gasteiger partial charge in [0.25, 0.3) is 0 Å². The van der Waals surface area contributed by atoms with Gasteiger partial charge in [-0.1, -0.05) is 47.2 Å². The summed E-state index contributed by atoms with van der Waals surface area (Å²) in [6.45, 7) is 3.13. The predicted octanol–water partition coefficient (Wildman–Crippen LogP) is 5.12. The average molecular weight is 554 g/mol. The van der Waals surface area contributed by atoms with Gasteiger partial charge in [-0.05, 0) is 42.2 Å². The zero-order valence-corrected chi connectivity index (χ0v) is 22.4. The lowest BCUT2D eigenvalue weighted by molar-refractivity contribution is -0.187. The van der Waals surface area contributed by atoms with E-state index in [0.717, 1.165) is 60.5 Å². The van der Waals surface area contributed by atoms with Gasteiger partial charge in [-0.3, -0.25) is 9.69 Å². The summed E-state index contributed by atoms with van der Waals surface area (Å²) >= 11 is 8.19. The minimum atomic E-state index is -0.558. The van der Waals surface area contributed by atoms with E-state index in [1.165, 1.54) is 11.3 Å². The van der Waals surface area contributed by atoms with E-state index >= 15 is 0 Å². The van der Waals surface area contributed by atoms with Gasteiger partial charge >= 0.3 is 0 Å². The Kier molecular flexibility index (Phi) is 6.09. The van der Waals surface area contributed by atoms with E-state index in [0.29, 0.717) is 29.1 Å². The molecule has 3 aromatic rings. The minimum Gasteiger partial charge on any atom is -0.454 e. The van der Waals surface area contributed by atoms with Crippen LogP contribution in [0.25, 0.3) is 0 Å². The first-order valence-corrected chi connectivity index (χ1v) is 14.2. The summed E-state index contributed by atoms with van der Waals surface area (Å²) in [6, 6.07) is 13.6. The Bertz CT molecular complexity index is 1360. The van der Waals surface area contributed by atoms with Gasteiger partial charge in [-0.15, -0.1) is 0 Å². The van der Waals surface area contributed by atoms with E-state index in [2.05, 4.69) is 21.3 Å². The first kappa shape index (κ1) is 24.4. The summed E-state index contributed by atoms with van der Waals surface area (Å²) in [5.41, 5.74) is 1.42. The average Bonchev–Trinajstić information content (AvgIpc) is 3.23. The second-order valence-electron chi connectivity index (χ2n) is 10.2. The number of carbonyl (C=O) groups is 1. The Morgan fingerprint density at radius 3 is 2.55 bits per heavy atom. The zero-order chi connectivity index (χ0) is 25.7. The molecule has 1 aromatic heterocycles. The van der Waals surface area contributed by atoms with Crippen LogP contribution in [-0.2, 0) is 19.7 Å². The number of thiazole rings is 1. The van der Waals surface area contributed by atoms with Crippen molar-refractivity contribution in [3.63, 3.8) is 0 Å². The number of hydrogen-bond acceptors (Lipinski definition) is 8. The molecular formula is C28H28ClN3O5S. The van der Waals surface area contributed by atoms with Gasteiger partial charge in [0.1, 0.15) is 0 Å². The maximum Gasteiger partial charge on any atom is 0.236 e. The van der Waals surface area contributed by atoms with E-state index in [9.17, 15) is 4.79 Å². The van der Waals surface area contributed by atoms with E-state index in [1.807, 2.05) is 42.6 Å². The maximum atomic E-state index is 13.5. The Labute approximate surface area is 229 Å². The molecule has 10 heteroatoms. The van der Waals surface area contributed by atoms with Crippen molar-refractivity contribution in [2.75, 3.05) is 38.4 Å². The lowest BCUT2D eigenvalue weighted by Crippen LogP contribution is -2.46. The minimum absolute atomic E-state index is 0.0398. The summed E-state index contributed by atoms with van der Waals surface area (Å²) in [5.74, 6) is 0.913. The highest BCUT2D eigenvalue weighted by Gasteiger charge is 2.52. The summed E-state index contributed by atoms with van der Waals surface area (Å²) in [4.78, 5) is 21.5. The van der Waals surface area contributed by atoms with Gasteiger partial charge in [0, 0.05) is 42.0 Å². The van der Waals surface area contributed by atoms with Gasteiger partial charge < -0.3 is 24.3 Å². The number of nitrogens with zero attached hydrogens (tertiary/aromatic N) is 2. The van der Waals surface area contributed by atoms with Crippen molar-refractivity contribution in [3.8, 4) is 11.5 Å². The van der Waals surface area contributed by atoms with Crippen LogP contribution >= 0.6 is 22.9 Å². The van der Waals surface area contributed by atoms with Crippen molar-refractivity contribution in [1.29, 1.82) is 0 Å². The fourth-order valence-electron chi connectivity index (χ4n) is 5.79. The molecule has 38 heavy (non-hydrogen) atoms. The summed E-state index contributed by atoms with van der Waals surface area (Å²) in [5, 5.41) is 4.40. The number of nitrogens with one attached hydrogen (secondary N) is 1. The number of ether oxygens (including phenoxy) is 4. The van der Waals surface area contributed by atoms with Crippen molar-refractivity contribution in [2.45, 2.75) is 42.9 Å². The van der Waals surface area contributed by atoms with E-state index in [4.69, 9.17) is 30.5 Å². The zero-order valence-electron chi connectivity index (χ0n) is 20.8. The van der Waals surface area contributed by atoms with Crippen molar-refractivity contribution >= 4 is 34.0 Å². The number of anilines is 1. The highest BCUT2D eigenvalue weighted by molar-refractivity contribution is 7.15. The van der Waals surface area contributed by atoms with Crippen LogP contribution in [0.3, 0.4) is 0 Å². The predicted molar refractivity (Wildman–Crippen MR) is 143 cm³/mol. The van der Waals surface area contributed by atoms with Gasteiger partial charge in [0.05, 0.1) is 24.7 Å². The van der Waals surface area contributed by atoms with Gasteiger partial charge in [-0.2, -0.15) is 0 Å². The lowest BCUT2D eigenvalue weighted by atomic mass is 9.94. The Morgan fingerprint density at radius 2 is 1.79 bits per heavy atom. The second kappa shape index (κ2) is 9.50. The molecule has 8 nitrogen and oxygen atoms in total. The summed E-state index contributed by atoms with van der Waals surface area (Å²) in [6.07, 6.45) is 5.04. The van der Waals surface area contributed by atoms with Crippen molar-refractivity contribution in [2.24, 2.45) is 0 Å². The van der Waals surface area contributed by atoms with Gasteiger partial charge in [0.15, 0.2) is 22.4 Å². The van der Waals surface area contributed by atoms with Gasteiger partial charge in [-0.25, -0.2) is 4.98 Å².